The Bertz CT molecular complexity index is 985. The normalized spacial score (nSPS) is 56.5. The topological polar surface area (TPSA) is 146 Å². The monoisotopic (exact) mass is 536 g/mol. The fraction of sp³-hybridized carbons (Fsp3) is 0.897. The fourth-order valence-electron chi connectivity index (χ4n) is 9.89. The van der Waals surface area contributed by atoms with Crippen molar-refractivity contribution in [1.29, 1.82) is 0 Å². The third-order valence-corrected chi connectivity index (χ3v) is 12.0. The van der Waals surface area contributed by atoms with E-state index in [-0.39, 0.29) is 35.9 Å². The van der Waals surface area contributed by atoms with E-state index >= 15 is 0 Å². The number of fused-ring (bicyclic) bond motifs is 5. The zero-order chi connectivity index (χ0) is 27.2. The van der Waals surface area contributed by atoms with Gasteiger partial charge >= 0.3 is 5.97 Å². The molecule has 9 nitrogen and oxygen atoms in total. The van der Waals surface area contributed by atoms with Crippen molar-refractivity contribution in [1.82, 2.24) is 0 Å². The molecule has 0 spiro atoms. The average Bonchev–Trinajstić information content (AvgIpc) is 3.37. The second-order valence-electron chi connectivity index (χ2n) is 13.7. The molecule has 14 atom stereocenters. The molecule has 0 bridgehead atoms. The SMILES string of the molecule is C[C@H]1O[C@H](O[C@H]2CC[C@@]3(C)[C@H](CC[C@@H]4[C@H]3CC[C@@]3(C)[C@H](C5=CC(=O)OC5)[C@H](O)C[C@@]43O)C2)[C@@H](O)[C@@H](O)[C@H]1O. The molecule has 9 heteroatoms. The van der Waals surface area contributed by atoms with Crippen LogP contribution in [0.5, 0.6) is 0 Å². The molecule has 2 heterocycles. The number of aliphatic hydroxyl groups excluding tert-OH is 4. The Morgan fingerprint density at radius 3 is 2.45 bits per heavy atom. The molecule has 4 saturated carbocycles. The van der Waals surface area contributed by atoms with Crippen LogP contribution >= 0.6 is 0 Å². The van der Waals surface area contributed by atoms with Gasteiger partial charge in [-0.2, -0.15) is 0 Å². The molecular formula is C29H44O9. The number of ether oxygens (including phenoxy) is 3. The van der Waals surface area contributed by atoms with E-state index in [4.69, 9.17) is 14.2 Å². The van der Waals surface area contributed by atoms with Crippen LogP contribution < -0.4 is 0 Å². The Hall–Kier alpha value is -1.07. The van der Waals surface area contributed by atoms with Gasteiger partial charge in [-0.3, -0.25) is 0 Å². The number of cyclic esters (lactones) is 1. The predicted molar refractivity (Wildman–Crippen MR) is 134 cm³/mol. The van der Waals surface area contributed by atoms with Crippen molar-refractivity contribution in [3.05, 3.63) is 11.6 Å². The van der Waals surface area contributed by atoms with E-state index in [9.17, 15) is 30.3 Å². The molecular weight excluding hydrogens is 492 g/mol. The average molecular weight is 537 g/mol. The first-order valence-electron chi connectivity index (χ1n) is 14.5. The summed E-state index contributed by atoms with van der Waals surface area (Å²) < 4.78 is 17.1. The van der Waals surface area contributed by atoms with Crippen LogP contribution in [0, 0.1) is 34.5 Å². The lowest BCUT2D eigenvalue weighted by Gasteiger charge is -2.63. The molecule has 0 aromatic heterocycles. The Morgan fingerprint density at radius 1 is 0.974 bits per heavy atom. The van der Waals surface area contributed by atoms with Crippen molar-refractivity contribution in [2.24, 2.45) is 34.5 Å². The van der Waals surface area contributed by atoms with Gasteiger partial charge in [0.1, 0.15) is 24.9 Å². The van der Waals surface area contributed by atoms with Crippen LogP contribution in [0.2, 0.25) is 0 Å². The van der Waals surface area contributed by atoms with E-state index in [0.717, 1.165) is 50.5 Å². The van der Waals surface area contributed by atoms with Gasteiger partial charge in [0.25, 0.3) is 0 Å². The number of rotatable bonds is 3. The number of carbonyl (C=O) groups excluding carboxylic acids is 1. The van der Waals surface area contributed by atoms with Crippen molar-refractivity contribution < 1.29 is 44.5 Å². The highest BCUT2D eigenvalue weighted by molar-refractivity contribution is 5.85. The quantitative estimate of drug-likeness (QED) is 0.267. The maximum absolute atomic E-state index is 12.4. The van der Waals surface area contributed by atoms with Crippen LogP contribution in [0.25, 0.3) is 0 Å². The van der Waals surface area contributed by atoms with Crippen LogP contribution in [0.4, 0.5) is 0 Å². The molecule has 0 unspecified atom stereocenters. The summed E-state index contributed by atoms with van der Waals surface area (Å²) in [7, 11) is 0. The molecule has 0 aromatic carbocycles. The van der Waals surface area contributed by atoms with Gasteiger partial charge in [-0.15, -0.1) is 0 Å². The van der Waals surface area contributed by atoms with E-state index in [1.807, 2.05) is 0 Å². The summed E-state index contributed by atoms with van der Waals surface area (Å²) in [4.78, 5) is 11.8. The van der Waals surface area contributed by atoms with E-state index < -0.39 is 47.8 Å². The molecule has 2 aliphatic heterocycles. The van der Waals surface area contributed by atoms with Gasteiger partial charge in [0.05, 0.1) is 23.9 Å². The highest BCUT2D eigenvalue weighted by Gasteiger charge is 2.70. The molecule has 6 rings (SSSR count). The van der Waals surface area contributed by atoms with Crippen LogP contribution in [-0.2, 0) is 19.0 Å². The molecule has 6 aliphatic rings. The van der Waals surface area contributed by atoms with Crippen LogP contribution in [0.15, 0.2) is 11.6 Å². The van der Waals surface area contributed by atoms with Crippen LogP contribution in [0.3, 0.4) is 0 Å². The minimum absolute atomic E-state index is 0.0314. The lowest BCUT2D eigenvalue weighted by atomic mass is 9.43. The first kappa shape index (κ1) is 27.1. The maximum Gasteiger partial charge on any atom is 0.331 e. The van der Waals surface area contributed by atoms with Crippen molar-refractivity contribution in [3.8, 4) is 0 Å². The predicted octanol–water partition coefficient (Wildman–Crippen LogP) is 1.43. The van der Waals surface area contributed by atoms with Gasteiger partial charge in [-0.05, 0) is 80.6 Å². The summed E-state index contributed by atoms with van der Waals surface area (Å²) >= 11 is 0. The van der Waals surface area contributed by atoms with E-state index in [1.165, 1.54) is 6.08 Å². The highest BCUT2D eigenvalue weighted by Crippen LogP contribution is 2.70. The van der Waals surface area contributed by atoms with Crippen molar-refractivity contribution in [2.75, 3.05) is 6.61 Å². The summed E-state index contributed by atoms with van der Waals surface area (Å²) in [5.74, 6) is 0.176. The molecule has 4 aliphatic carbocycles. The zero-order valence-corrected chi connectivity index (χ0v) is 22.7. The zero-order valence-electron chi connectivity index (χ0n) is 22.7. The minimum atomic E-state index is -1.30. The van der Waals surface area contributed by atoms with Crippen molar-refractivity contribution in [2.45, 2.75) is 121 Å². The standard InChI is InChI=1S/C29H44O9/c1-14-23(32)24(33)25(34)26(37-14)38-17-6-8-27(2)16(11-17)4-5-19-18(27)7-9-28(3)22(15-10-21(31)36-13-15)20(30)12-29(19,28)35/h10,14,16-20,22-26,30,32-35H,4-9,11-13H2,1-3H3/t14-,16-,17+,18-,19-,20-,22-,23+,24+,25+,26-,27+,28+,29-/m1/s1. The third-order valence-electron chi connectivity index (χ3n) is 12.0. The summed E-state index contributed by atoms with van der Waals surface area (Å²) in [6.45, 7) is 6.33. The second-order valence-corrected chi connectivity index (χ2v) is 13.7. The third kappa shape index (κ3) is 3.80. The summed E-state index contributed by atoms with van der Waals surface area (Å²) in [6, 6.07) is 0. The van der Waals surface area contributed by atoms with Crippen molar-refractivity contribution in [3.63, 3.8) is 0 Å². The van der Waals surface area contributed by atoms with E-state index in [1.54, 1.807) is 6.92 Å². The second kappa shape index (κ2) is 9.23. The molecule has 38 heavy (non-hydrogen) atoms. The molecule has 5 fully saturated rings. The first-order chi connectivity index (χ1) is 17.9. The molecule has 0 aromatic rings. The number of hydrogen-bond acceptors (Lipinski definition) is 9. The van der Waals surface area contributed by atoms with Gasteiger partial charge in [-0.25, -0.2) is 4.79 Å². The first-order valence-corrected chi connectivity index (χ1v) is 14.5. The van der Waals surface area contributed by atoms with Crippen LogP contribution in [0.1, 0.15) is 72.1 Å². The van der Waals surface area contributed by atoms with Gasteiger partial charge in [0, 0.05) is 23.8 Å². The van der Waals surface area contributed by atoms with Gasteiger partial charge in [-0.1, -0.05) is 13.8 Å². The summed E-state index contributed by atoms with van der Waals surface area (Å²) in [5.41, 5.74) is -0.658. The summed E-state index contributed by atoms with van der Waals surface area (Å²) in [6.07, 6.45) is 1.83. The van der Waals surface area contributed by atoms with Gasteiger partial charge in [0.2, 0.25) is 0 Å². The number of aliphatic hydroxyl groups is 5. The maximum atomic E-state index is 12.4. The minimum Gasteiger partial charge on any atom is -0.458 e. The number of esters is 1. The summed E-state index contributed by atoms with van der Waals surface area (Å²) in [5, 5.41) is 54.2. The van der Waals surface area contributed by atoms with E-state index in [0.29, 0.717) is 18.3 Å². The van der Waals surface area contributed by atoms with E-state index in [2.05, 4.69) is 13.8 Å². The molecule has 214 valence electrons. The Labute approximate surface area is 224 Å². The smallest absolute Gasteiger partial charge is 0.331 e. The Kier molecular flexibility index (Phi) is 6.58. The largest absolute Gasteiger partial charge is 0.458 e. The Morgan fingerprint density at radius 2 is 1.74 bits per heavy atom. The molecule has 0 radical (unpaired) electrons. The Balaban J connectivity index is 1.18. The number of carbonyl (C=O) groups is 1. The van der Waals surface area contributed by atoms with Gasteiger partial charge in [0.15, 0.2) is 6.29 Å². The lowest BCUT2D eigenvalue weighted by Crippen LogP contribution is -2.62. The molecule has 1 saturated heterocycles. The molecule has 5 N–H and O–H groups in total. The van der Waals surface area contributed by atoms with Gasteiger partial charge < -0.3 is 39.7 Å². The van der Waals surface area contributed by atoms with Crippen molar-refractivity contribution >= 4 is 5.97 Å². The highest BCUT2D eigenvalue weighted by atomic mass is 16.7. The lowest BCUT2D eigenvalue weighted by molar-refractivity contribution is -0.310. The molecule has 0 amide bonds. The van der Waals surface area contributed by atoms with Crippen LogP contribution in [-0.4, -0.2) is 86.6 Å². The fourth-order valence-corrected chi connectivity index (χ4v) is 9.89. The number of hydrogen-bond donors (Lipinski definition) is 5.